The lowest BCUT2D eigenvalue weighted by Gasteiger charge is -2.28. The first-order valence-electron chi connectivity index (χ1n) is 11.7. The molecule has 0 radical (unpaired) electrons. The second-order valence-corrected chi connectivity index (χ2v) is 7.61. The van der Waals surface area contributed by atoms with Gasteiger partial charge in [-0.25, -0.2) is 9.78 Å². The number of carboxylic acids is 1. The van der Waals surface area contributed by atoms with Crippen LogP contribution in [0.1, 0.15) is 44.5 Å². The second-order valence-electron chi connectivity index (χ2n) is 7.61. The summed E-state index contributed by atoms with van der Waals surface area (Å²) in [6.45, 7) is 11.4. The molecule has 0 amide bonds. The first kappa shape index (κ1) is 25.0. The number of aromatic nitrogens is 3. The lowest BCUT2D eigenvalue weighted by molar-refractivity contribution is 0.0697. The molecule has 0 spiro atoms. The Morgan fingerprint density at radius 1 is 1.06 bits per heavy atom. The zero-order chi connectivity index (χ0) is 24.7. The molecule has 2 aromatic heterocycles. The summed E-state index contributed by atoms with van der Waals surface area (Å²) in [4.78, 5) is 22.4. The van der Waals surface area contributed by atoms with E-state index in [1.165, 1.54) is 6.42 Å². The minimum atomic E-state index is -0.984. The van der Waals surface area contributed by atoms with Gasteiger partial charge < -0.3 is 23.7 Å². The molecule has 9 nitrogen and oxygen atoms in total. The molecule has 1 aliphatic heterocycles. The molecule has 1 fully saturated rings. The quantitative estimate of drug-likeness (QED) is 0.409. The van der Waals surface area contributed by atoms with Gasteiger partial charge in [-0.15, -0.1) is 0 Å². The minimum absolute atomic E-state index is 0.194. The number of ether oxygens (including phenoxy) is 1. The number of anilines is 3. The average Bonchev–Trinajstić information content (AvgIpc) is 3.40. The van der Waals surface area contributed by atoms with Gasteiger partial charge in [0.2, 0.25) is 5.95 Å². The first-order chi connectivity index (χ1) is 16.5. The molecule has 0 unspecified atom stereocenters. The van der Waals surface area contributed by atoms with Crippen molar-refractivity contribution in [3.8, 4) is 0 Å². The number of hydrogen-bond donors (Lipinski definition) is 2. The SMILES string of the molecule is CC.CCC.Cn1c(Nc2nc3ccc(N4CCOCC4)cc3o2)nc2cc(C(=O)O)ccc21. The fraction of sp³-hybridized carbons (Fsp3) is 0.400. The zero-order valence-electron chi connectivity index (χ0n) is 20.5. The molecule has 3 heterocycles. The number of carbonyl (C=O) groups is 1. The molecule has 2 aromatic carbocycles. The molecule has 182 valence electrons. The van der Waals surface area contributed by atoms with E-state index in [1.807, 2.05) is 43.7 Å². The van der Waals surface area contributed by atoms with E-state index in [9.17, 15) is 4.79 Å². The molecule has 0 aliphatic carbocycles. The second kappa shape index (κ2) is 11.5. The fourth-order valence-electron chi connectivity index (χ4n) is 3.53. The van der Waals surface area contributed by atoms with Gasteiger partial charge in [-0.2, -0.15) is 4.98 Å². The molecule has 0 bridgehead atoms. The topological polar surface area (TPSA) is 106 Å². The third kappa shape index (κ3) is 5.48. The van der Waals surface area contributed by atoms with Gasteiger partial charge in [0, 0.05) is 31.9 Å². The van der Waals surface area contributed by atoms with Crippen molar-refractivity contribution >= 4 is 45.8 Å². The van der Waals surface area contributed by atoms with E-state index >= 15 is 0 Å². The number of imidazole rings is 1. The van der Waals surface area contributed by atoms with Crippen molar-refractivity contribution in [2.24, 2.45) is 7.05 Å². The largest absolute Gasteiger partial charge is 0.478 e. The van der Waals surface area contributed by atoms with Gasteiger partial charge in [-0.05, 0) is 30.3 Å². The summed E-state index contributed by atoms with van der Waals surface area (Å²) >= 11 is 0. The smallest absolute Gasteiger partial charge is 0.335 e. The van der Waals surface area contributed by atoms with E-state index in [1.54, 1.807) is 18.2 Å². The summed E-state index contributed by atoms with van der Waals surface area (Å²) in [6.07, 6.45) is 1.25. The van der Waals surface area contributed by atoms with Crippen LogP contribution in [0.25, 0.3) is 22.1 Å². The van der Waals surface area contributed by atoms with E-state index in [-0.39, 0.29) is 5.56 Å². The summed E-state index contributed by atoms with van der Waals surface area (Å²) in [5.41, 5.74) is 4.09. The summed E-state index contributed by atoms with van der Waals surface area (Å²) in [6, 6.07) is 11.1. The number of nitrogens with zero attached hydrogens (tertiary/aromatic N) is 4. The van der Waals surface area contributed by atoms with E-state index in [0.29, 0.717) is 23.1 Å². The monoisotopic (exact) mass is 467 g/mol. The van der Waals surface area contributed by atoms with Crippen molar-refractivity contribution in [3.05, 3.63) is 42.0 Å². The number of rotatable bonds is 4. The Balaban J connectivity index is 0.000000603. The third-order valence-corrected chi connectivity index (χ3v) is 5.09. The van der Waals surface area contributed by atoms with E-state index in [0.717, 1.165) is 43.0 Å². The van der Waals surface area contributed by atoms with E-state index < -0.39 is 5.97 Å². The van der Waals surface area contributed by atoms with Gasteiger partial charge in [-0.1, -0.05) is 34.1 Å². The molecule has 4 aromatic rings. The van der Waals surface area contributed by atoms with Gasteiger partial charge >= 0.3 is 12.0 Å². The molecule has 5 rings (SSSR count). The van der Waals surface area contributed by atoms with Crippen molar-refractivity contribution in [1.29, 1.82) is 0 Å². The standard InChI is InChI=1S/C20H19N5O4.C3H8.C2H6/c1-24-16-5-2-12(18(26)27)10-15(16)21-19(24)23-20-22-14-4-3-13(11-17(14)29-20)25-6-8-28-9-7-25;1-3-2;1-2/h2-5,10-11H,6-9H2,1H3,(H,26,27)(H,21,22,23);3H2,1-2H3;1-2H3. The maximum Gasteiger partial charge on any atom is 0.335 e. The van der Waals surface area contributed by atoms with Crippen molar-refractivity contribution < 1.29 is 19.1 Å². The number of aryl methyl sites for hydroxylation is 1. The molecular formula is C25H33N5O4. The highest BCUT2D eigenvalue weighted by molar-refractivity contribution is 5.93. The van der Waals surface area contributed by atoms with E-state index in [2.05, 4.69) is 34.0 Å². The van der Waals surface area contributed by atoms with Gasteiger partial charge in [-0.3, -0.25) is 5.32 Å². The predicted molar refractivity (Wildman–Crippen MR) is 135 cm³/mol. The Morgan fingerprint density at radius 2 is 1.76 bits per heavy atom. The van der Waals surface area contributed by atoms with E-state index in [4.69, 9.17) is 14.3 Å². The first-order valence-corrected chi connectivity index (χ1v) is 11.7. The van der Waals surface area contributed by atoms with Crippen molar-refractivity contribution in [2.75, 3.05) is 36.5 Å². The van der Waals surface area contributed by atoms with Crippen molar-refractivity contribution in [1.82, 2.24) is 14.5 Å². The number of morpholine rings is 1. The molecule has 0 atom stereocenters. The summed E-state index contributed by atoms with van der Waals surface area (Å²) in [5.74, 6) is -0.468. The minimum Gasteiger partial charge on any atom is -0.478 e. The Morgan fingerprint density at radius 3 is 2.44 bits per heavy atom. The van der Waals surface area contributed by atoms with Gasteiger partial charge in [0.15, 0.2) is 5.58 Å². The van der Waals surface area contributed by atoms with Crippen LogP contribution in [0, 0.1) is 0 Å². The number of benzene rings is 2. The number of hydrogen-bond acceptors (Lipinski definition) is 7. The molecular weight excluding hydrogens is 434 g/mol. The van der Waals surface area contributed by atoms with Crippen LogP contribution in [-0.2, 0) is 11.8 Å². The fourth-order valence-corrected chi connectivity index (χ4v) is 3.53. The lowest BCUT2D eigenvalue weighted by Crippen LogP contribution is -2.36. The van der Waals surface area contributed by atoms with Crippen LogP contribution in [0.5, 0.6) is 0 Å². The maximum absolute atomic E-state index is 11.2. The molecule has 0 saturated carbocycles. The maximum atomic E-state index is 11.2. The van der Waals surface area contributed by atoms with Crippen LogP contribution < -0.4 is 10.2 Å². The van der Waals surface area contributed by atoms with Crippen LogP contribution in [0.4, 0.5) is 17.7 Å². The van der Waals surface area contributed by atoms with Crippen molar-refractivity contribution in [3.63, 3.8) is 0 Å². The van der Waals surface area contributed by atoms with Crippen molar-refractivity contribution in [2.45, 2.75) is 34.1 Å². The predicted octanol–water partition coefficient (Wildman–Crippen LogP) is 5.44. The van der Waals surface area contributed by atoms with Crippen LogP contribution in [-0.4, -0.2) is 51.9 Å². The zero-order valence-corrected chi connectivity index (χ0v) is 20.5. The highest BCUT2D eigenvalue weighted by Gasteiger charge is 2.16. The normalized spacial score (nSPS) is 13.1. The summed E-state index contributed by atoms with van der Waals surface area (Å²) < 4.78 is 13.1. The number of aromatic carboxylic acids is 1. The Labute approximate surface area is 199 Å². The van der Waals surface area contributed by atoms with Crippen LogP contribution >= 0.6 is 0 Å². The summed E-state index contributed by atoms with van der Waals surface area (Å²) in [7, 11) is 1.84. The van der Waals surface area contributed by atoms with Crippen LogP contribution in [0.3, 0.4) is 0 Å². The van der Waals surface area contributed by atoms with Crippen LogP contribution in [0.15, 0.2) is 40.8 Å². The molecule has 9 heteroatoms. The van der Waals surface area contributed by atoms with Crippen LogP contribution in [0.2, 0.25) is 0 Å². The number of carboxylic acid groups (broad SMARTS) is 1. The number of oxazole rings is 1. The third-order valence-electron chi connectivity index (χ3n) is 5.09. The average molecular weight is 468 g/mol. The Hall–Kier alpha value is -3.59. The van der Waals surface area contributed by atoms with Gasteiger partial charge in [0.25, 0.3) is 0 Å². The highest BCUT2D eigenvalue weighted by Crippen LogP contribution is 2.28. The number of nitrogens with one attached hydrogen (secondary N) is 1. The lowest BCUT2D eigenvalue weighted by atomic mass is 10.2. The Kier molecular flexibility index (Phi) is 8.48. The molecule has 1 saturated heterocycles. The molecule has 34 heavy (non-hydrogen) atoms. The molecule has 1 aliphatic rings. The van der Waals surface area contributed by atoms with Gasteiger partial charge in [0.05, 0.1) is 29.8 Å². The summed E-state index contributed by atoms with van der Waals surface area (Å²) in [5, 5.41) is 12.3. The number of fused-ring (bicyclic) bond motifs is 2. The van der Waals surface area contributed by atoms with Gasteiger partial charge in [0.1, 0.15) is 5.52 Å². The Bertz CT molecular complexity index is 1240. The molecule has 2 N–H and O–H groups in total. The highest BCUT2D eigenvalue weighted by atomic mass is 16.5.